The molecule has 2 saturated heterocycles. The number of aromatic hydroxyl groups is 1. The number of phenolic OH excluding ortho intramolecular Hbond substituents is 1. The molecule has 8 nitrogen and oxygen atoms in total. The fourth-order valence-corrected chi connectivity index (χ4v) is 5.89. The number of carbonyl (C=O) groups excluding carboxylic acids is 3. The molecule has 0 spiro atoms. The van der Waals surface area contributed by atoms with Crippen molar-refractivity contribution in [1.82, 2.24) is 20.0 Å². The Balaban J connectivity index is 1.42. The van der Waals surface area contributed by atoms with E-state index in [-0.39, 0.29) is 42.1 Å². The van der Waals surface area contributed by atoms with Crippen LogP contribution in [0, 0.1) is 0 Å². The third-order valence-corrected chi connectivity index (χ3v) is 7.81. The van der Waals surface area contributed by atoms with E-state index in [0.717, 1.165) is 23.1 Å². The maximum atomic E-state index is 13.9. The third-order valence-electron chi connectivity index (χ3n) is 7.81. The average Bonchev–Trinajstić information content (AvgIpc) is 3.29. The zero-order valence-corrected chi connectivity index (χ0v) is 22.8. The number of carbonyl (C=O) groups is 3. The first-order chi connectivity index (χ1) is 19.4. The molecular weight excluding hydrogens is 504 g/mol. The molecule has 0 radical (unpaired) electrons. The number of hydrogen-bond donors (Lipinski definition) is 2. The van der Waals surface area contributed by atoms with E-state index in [2.05, 4.69) is 5.32 Å². The van der Waals surface area contributed by atoms with E-state index < -0.39 is 6.04 Å². The van der Waals surface area contributed by atoms with Gasteiger partial charge >= 0.3 is 6.03 Å². The van der Waals surface area contributed by atoms with Crippen LogP contribution in [0.1, 0.15) is 36.5 Å². The summed E-state index contributed by atoms with van der Waals surface area (Å²) in [5.41, 5.74) is 2.88. The molecule has 3 aromatic carbocycles. The molecule has 0 aromatic heterocycles. The molecule has 2 aliphatic heterocycles. The highest BCUT2D eigenvalue weighted by Crippen LogP contribution is 2.34. The summed E-state index contributed by atoms with van der Waals surface area (Å²) in [4.78, 5) is 46.3. The van der Waals surface area contributed by atoms with Crippen molar-refractivity contribution < 1.29 is 19.5 Å². The zero-order chi connectivity index (χ0) is 28.1. The van der Waals surface area contributed by atoms with Gasteiger partial charge in [0.05, 0.1) is 12.1 Å². The summed E-state index contributed by atoms with van der Waals surface area (Å²) < 4.78 is 0. The van der Waals surface area contributed by atoms with E-state index in [0.29, 0.717) is 32.6 Å². The molecule has 4 amide bonds. The lowest BCUT2D eigenvalue weighted by Crippen LogP contribution is -2.65. The van der Waals surface area contributed by atoms with Crippen LogP contribution in [0.15, 0.2) is 84.9 Å². The Morgan fingerprint density at radius 1 is 0.925 bits per heavy atom. The fourth-order valence-electron chi connectivity index (χ4n) is 5.89. The predicted molar refractivity (Wildman–Crippen MR) is 152 cm³/mol. The molecule has 3 aromatic rings. The molecule has 2 N–H and O–H groups in total. The number of hydrogen-bond acceptors (Lipinski definition) is 4. The highest BCUT2D eigenvalue weighted by molar-refractivity contribution is 5.92. The maximum Gasteiger partial charge on any atom is 0.318 e. The van der Waals surface area contributed by atoms with Gasteiger partial charge in [-0.1, -0.05) is 79.7 Å². The first kappa shape index (κ1) is 27.2. The Hall–Kier alpha value is -4.33. The first-order valence-corrected chi connectivity index (χ1v) is 13.9. The molecule has 5 rings (SSSR count). The Kier molecular flexibility index (Phi) is 8.34. The number of rotatable bonds is 9. The van der Waals surface area contributed by atoms with Crippen LogP contribution in [0.2, 0.25) is 0 Å². The van der Waals surface area contributed by atoms with Gasteiger partial charge in [-0.3, -0.25) is 9.59 Å². The summed E-state index contributed by atoms with van der Waals surface area (Å²) in [5, 5.41) is 12.8. The Labute approximate surface area is 235 Å². The summed E-state index contributed by atoms with van der Waals surface area (Å²) in [6.45, 7) is 3.73. The van der Waals surface area contributed by atoms with Crippen molar-refractivity contribution in [3.05, 3.63) is 102 Å². The molecule has 2 fully saturated rings. The number of amides is 4. The number of nitrogens with one attached hydrogen (secondary N) is 1. The van der Waals surface area contributed by atoms with Gasteiger partial charge in [-0.15, -0.1) is 0 Å². The lowest BCUT2D eigenvalue weighted by Gasteiger charge is -2.46. The minimum atomic E-state index is -0.680. The van der Waals surface area contributed by atoms with Crippen molar-refractivity contribution >= 4 is 17.8 Å². The average molecular weight is 541 g/mol. The second-order valence-corrected chi connectivity index (χ2v) is 10.6. The Bertz CT molecular complexity index is 1320. The van der Waals surface area contributed by atoms with Crippen molar-refractivity contribution in [2.75, 3.05) is 13.1 Å². The van der Waals surface area contributed by atoms with E-state index in [9.17, 15) is 19.5 Å². The number of nitrogens with zero attached hydrogens (tertiary/aromatic N) is 3. The lowest BCUT2D eigenvalue weighted by molar-refractivity contribution is -0.152. The Morgan fingerprint density at radius 3 is 2.23 bits per heavy atom. The molecular formula is C32H36N4O4. The van der Waals surface area contributed by atoms with E-state index in [1.165, 1.54) is 0 Å². The van der Waals surface area contributed by atoms with Gasteiger partial charge in [0.1, 0.15) is 11.8 Å². The molecule has 8 heteroatoms. The molecule has 3 atom stereocenters. The summed E-state index contributed by atoms with van der Waals surface area (Å²) in [5.74, 6) is -0.0578. The van der Waals surface area contributed by atoms with E-state index in [1.807, 2.05) is 72.5 Å². The number of urea groups is 1. The molecule has 1 unspecified atom stereocenters. The summed E-state index contributed by atoms with van der Waals surface area (Å²) in [7, 11) is 0. The van der Waals surface area contributed by atoms with Gasteiger partial charge in [0.25, 0.3) is 0 Å². The normalized spacial score (nSPS) is 20.4. The zero-order valence-electron chi connectivity index (χ0n) is 22.8. The van der Waals surface area contributed by atoms with E-state index >= 15 is 0 Å². The molecule has 40 heavy (non-hydrogen) atoms. The number of fused-ring (bicyclic) bond motifs is 1. The standard InChI is InChI=1S/C32H36N4O4/c1-2-17-35(32(40)33-20-24-9-5-3-6-10-24)27-19-30(38)36-28(18-23-13-15-26(37)16-14-23)31(39)34(22-29(27)36)21-25-11-7-4-8-12-25/h3-16,27-29,37H,2,17-22H2,1H3,(H,33,40)/t27?,28-,29+/m0/s1. The van der Waals surface area contributed by atoms with Crippen LogP contribution in [0.4, 0.5) is 4.79 Å². The van der Waals surface area contributed by atoms with Crippen molar-refractivity contribution in [2.24, 2.45) is 0 Å². The molecule has 2 heterocycles. The quantitative estimate of drug-likeness (QED) is 0.430. The SMILES string of the molecule is CCCN(C(=O)NCc1ccccc1)C1CC(=O)N2[C@@H]1CN(Cc1ccccc1)C(=O)[C@@H]2Cc1ccc(O)cc1. The number of phenols is 1. The van der Waals surface area contributed by atoms with E-state index in [1.54, 1.807) is 34.1 Å². The Morgan fingerprint density at radius 2 is 1.57 bits per heavy atom. The first-order valence-electron chi connectivity index (χ1n) is 13.9. The van der Waals surface area contributed by atoms with Gasteiger partial charge in [0.15, 0.2) is 0 Å². The molecule has 0 bridgehead atoms. The number of piperazine rings is 1. The molecule has 0 saturated carbocycles. The summed E-state index contributed by atoms with van der Waals surface area (Å²) in [6, 6.07) is 24.8. The van der Waals surface area contributed by atoms with Crippen molar-refractivity contribution in [3.8, 4) is 5.75 Å². The lowest BCUT2D eigenvalue weighted by atomic mass is 9.96. The van der Waals surface area contributed by atoms with Crippen LogP contribution in [-0.2, 0) is 29.1 Å². The van der Waals surface area contributed by atoms with Crippen LogP contribution in [0.5, 0.6) is 5.75 Å². The highest BCUT2D eigenvalue weighted by Gasteiger charge is 2.52. The van der Waals surface area contributed by atoms with Crippen molar-refractivity contribution in [2.45, 2.75) is 57.4 Å². The minimum Gasteiger partial charge on any atom is -0.508 e. The topological polar surface area (TPSA) is 93.2 Å². The largest absolute Gasteiger partial charge is 0.508 e. The second-order valence-electron chi connectivity index (χ2n) is 10.6. The van der Waals surface area contributed by atoms with Crippen LogP contribution in [-0.4, -0.2) is 68.9 Å². The van der Waals surface area contributed by atoms with Gasteiger partial charge < -0.3 is 25.1 Å². The summed E-state index contributed by atoms with van der Waals surface area (Å²) >= 11 is 0. The second kappa shape index (κ2) is 12.2. The van der Waals surface area contributed by atoms with Gasteiger partial charge in [-0.25, -0.2) is 4.79 Å². The van der Waals surface area contributed by atoms with E-state index in [4.69, 9.17) is 0 Å². The van der Waals surface area contributed by atoms with Gasteiger partial charge in [0, 0.05) is 39.0 Å². The van der Waals surface area contributed by atoms with Crippen molar-refractivity contribution in [1.29, 1.82) is 0 Å². The molecule has 208 valence electrons. The maximum absolute atomic E-state index is 13.9. The van der Waals surface area contributed by atoms with Gasteiger partial charge in [0.2, 0.25) is 11.8 Å². The van der Waals surface area contributed by atoms with Crippen LogP contribution >= 0.6 is 0 Å². The monoisotopic (exact) mass is 540 g/mol. The van der Waals surface area contributed by atoms with Crippen LogP contribution in [0.3, 0.4) is 0 Å². The highest BCUT2D eigenvalue weighted by atomic mass is 16.3. The van der Waals surface area contributed by atoms with Crippen molar-refractivity contribution in [3.63, 3.8) is 0 Å². The summed E-state index contributed by atoms with van der Waals surface area (Å²) in [6.07, 6.45) is 1.27. The molecule has 2 aliphatic rings. The third kappa shape index (κ3) is 5.96. The minimum absolute atomic E-state index is 0.0993. The van der Waals surface area contributed by atoms with Gasteiger partial charge in [-0.05, 0) is 35.2 Å². The molecule has 0 aliphatic carbocycles. The van der Waals surface area contributed by atoms with Crippen LogP contribution in [0.25, 0.3) is 0 Å². The van der Waals surface area contributed by atoms with Gasteiger partial charge in [-0.2, -0.15) is 0 Å². The van der Waals surface area contributed by atoms with Crippen LogP contribution < -0.4 is 5.32 Å². The number of benzene rings is 3. The predicted octanol–water partition coefficient (Wildman–Crippen LogP) is 3.94. The fraction of sp³-hybridized carbons (Fsp3) is 0.344. The smallest absolute Gasteiger partial charge is 0.318 e.